The van der Waals surface area contributed by atoms with Gasteiger partial charge in [-0.25, -0.2) is 0 Å². The molecule has 1 N–H and O–H groups in total. The highest BCUT2D eigenvalue weighted by atomic mass is 16.5. The van der Waals surface area contributed by atoms with Crippen LogP contribution in [0.4, 0.5) is 0 Å². The van der Waals surface area contributed by atoms with E-state index in [1.54, 1.807) is 0 Å². The van der Waals surface area contributed by atoms with Gasteiger partial charge < -0.3 is 9.84 Å². The minimum absolute atomic E-state index is 0.290. The van der Waals surface area contributed by atoms with E-state index in [1.807, 2.05) is 0 Å². The number of rotatable bonds is 3. The Labute approximate surface area is 103 Å². The zero-order valence-corrected chi connectivity index (χ0v) is 10.6. The number of ether oxygens (including phenoxy) is 1. The first-order valence-corrected chi connectivity index (χ1v) is 6.73. The zero-order valence-electron chi connectivity index (χ0n) is 10.6. The Kier molecular flexibility index (Phi) is 4.40. The van der Waals surface area contributed by atoms with Gasteiger partial charge in [0, 0.05) is 13.1 Å². The SMILES string of the molecule is CC1CCCC(C(C(=O)O)N2CCOCC2)C1. The van der Waals surface area contributed by atoms with Gasteiger partial charge in [0.15, 0.2) is 0 Å². The van der Waals surface area contributed by atoms with E-state index in [0.29, 0.717) is 25.0 Å². The smallest absolute Gasteiger partial charge is 0.321 e. The fraction of sp³-hybridized carbons (Fsp3) is 0.923. The van der Waals surface area contributed by atoms with E-state index in [4.69, 9.17) is 4.74 Å². The predicted molar refractivity (Wildman–Crippen MR) is 64.9 cm³/mol. The van der Waals surface area contributed by atoms with Crippen molar-refractivity contribution in [1.29, 1.82) is 0 Å². The maximum absolute atomic E-state index is 11.5. The molecule has 0 radical (unpaired) electrons. The molecule has 17 heavy (non-hydrogen) atoms. The minimum Gasteiger partial charge on any atom is -0.480 e. The summed E-state index contributed by atoms with van der Waals surface area (Å²) in [6, 6.07) is -0.290. The van der Waals surface area contributed by atoms with Gasteiger partial charge in [0.1, 0.15) is 6.04 Å². The molecule has 1 aliphatic heterocycles. The third-order valence-electron chi connectivity index (χ3n) is 4.12. The van der Waals surface area contributed by atoms with E-state index in [1.165, 1.54) is 12.8 Å². The highest BCUT2D eigenvalue weighted by Gasteiger charge is 2.36. The fourth-order valence-corrected chi connectivity index (χ4v) is 3.28. The van der Waals surface area contributed by atoms with E-state index in [9.17, 15) is 9.90 Å². The third-order valence-corrected chi connectivity index (χ3v) is 4.12. The summed E-state index contributed by atoms with van der Waals surface area (Å²) in [5.41, 5.74) is 0. The molecule has 1 aliphatic carbocycles. The Morgan fingerprint density at radius 2 is 2.06 bits per heavy atom. The van der Waals surface area contributed by atoms with Crippen LogP contribution in [0.5, 0.6) is 0 Å². The van der Waals surface area contributed by atoms with E-state index in [-0.39, 0.29) is 6.04 Å². The van der Waals surface area contributed by atoms with Crippen molar-refractivity contribution in [2.24, 2.45) is 11.8 Å². The molecule has 4 nitrogen and oxygen atoms in total. The van der Waals surface area contributed by atoms with Crippen LogP contribution in [0, 0.1) is 11.8 Å². The first kappa shape index (κ1) is 12.8. The van der Waals surface area contributed by atoms with Gasteiger partial charge in [-0.2, -0.15) is 0 Å². The summed E-state index contributed by atoms with van der Waals surface area (Å²) in [6.07, 6.45) is 4.57. The molecule has 1 heterocycles. The summed E-state index contributed by atoms with van der Waals surface area (Å²) >= 11 is 0. The van der Waals surface area contributed by atoms with Gasteiger partial charge in [-0.05, 0) is 24.7 Å². The molecule has 1 saturated heterocycles. The lowest BCUT2D eigenvalue weighted by atomic mass is 9.78. The monoisotopic (exact) mass is 241 g/mol. The van der Waals surface area contributed by atoms with Crippen LogP contribution in [0.15, 0.2) is 0 Å². The molecule has 0 aromatic heterocycles. The third kappa shape index (κ3) is 3.19. The maximum Gasteiger partial charge on any atom is 0.321 e. The lowest BCUT2D eigenvalue weighted by Gasteiger charge is -2.39. The van der Waals surface area contributed by atoms with E-state index in [0.717, 1.165) is 25.9 Å². The number of aliphatic carboxylic acids is 1. The molecule has 2 rings (SSSR count). The van der Waals surface area contributed by atoms with Gasteiger partial charge in [-0.1, -0.05) is 19.8 Å². The lowest BCUT2D eigenvalue weighted by molar-refractivity contribution is -0.148. The van der Waals surface area contributed by atoms with Gasteiger partial charge in [0.25, 0.3) is 0 Å². The van der Waals surface area contributed by atoms with Crippen LogP contribution in [0.25, 0.3) is 0 Å². The van der Waals surface area contributed by atoms with Gasteiger partial charge in [0.2, 0.25) is 0 Å². The molecule has 1 saturated carbocycles. The van der Waals surface area contributed by atoms with Crippen LogP contribution >= 0.6 is 0 Å². The molecule has 4 heteroatoms. The van der Waals surface area contributed by atoms with Crippen LogP contribution in [0.2, 0.25) is 0 Å². The lowest BCUT2D eigenvalue weighted by Crippen LogP contribution is -2.51. The summed E-state index contributed by atoms with van der Waals surface area (Å²) in [7, 11) is 0. The van der Waals surface area contributed by atoms with Crippen LogP contribution < -0.4 is 0 Å². The van der Waals surface area contributed by atoms with Crippen molar-refractivity contribution in [1.82, 2.24) is 4.90 Å². The number of carboxylic acid groups (broad SMARTS) is 1. The number of carboxylic acids is 1. The Bertz CT molecular complexity index is 263. The van der Waals surface area contributed by atoms with Crippen molar-refractivity contribution < 1.29 is 14.6 Å². The second kappa shape index (κ2) is 5.83. The van der Waals surface area contributed by atoms with Gasteiger partial charge in [-0.15, -0.1) is 0 Å². The van der Waals surface area contributed by atoms with E-state index in [2.05, 4.69) is 11.8 Å². The van der Waals surface area contributed by atoms with Crippen LogP contribution in [0.1, 0.15) is 32.6 Å². The Morgan fingerprint density at radius 1 is 1.35 bits per heavy atom. The second-order valence-corrected chi connectivity index (χ2v) is 5.46. The molecule has 0 amide bonds. The zero-order chi connectivity index (χ0) is 12.3. The van der Waals surface area contributed by atoms with Crippen molar-refractivity contribution in [3.8, 4) is 0 Å². The molecule has 3 atom stereocenters. The number of hydrogen-bond acceptors (Lipinski definition) is 3. The quantitative estimate of drug-likeness (QED) is 0.815. The van der Waals surface area contributed by atoms with E-state index < -0.39 is 5.97 Å². The average Bonchev–Trinajstić information content (AvgIpc) is 2.30. The summed E-state index contributed by atoms with van der Waals surface area (Å²) in [5, 5.41) is 9.48. The molecule has 2 fully saturated rings. The first-order valence-electron chi connectivity index (χ1n) is 6.73. The summed E-state index contributed by atoms with van der Waals surface area (Å²) in [4.78, 5) is 13.6. The van der Waals surface area contributed by atoms with E-state index >= 15 is 0 Å². The highest BCUT2D eigenvalue weighted by Crippen LogP contribution is 2.33. The number of hydrogen-bond donors (Lipinski definition) is 1. The number of carbonyl (C=O) groups is 1. The largest absolute Gasteiger partial charge is 0.480 e. The van der Waals surface area contributed by atoms with Crippen molar-refractivity contribution in [2.75, 3.05) is 26.3 Å². The maximum atomic E-state index is 11.5. The summed E-state index contributed by atoms with van der Waals surface area (Å²) < 4.78 is 5.30. The standard InChI is InChI=1S/C13H23NO3/c1-10-3-2-4-11(9-10)12(13(15)16)14-5-7-17-8-6-14/h10-12H,2-9H2,1H3,(H,15,16). The fourth-order valence-electron chi connectivity index (χ4n) is 3.28. The van der Waals surface area contributed by atoms with Crippen LogP contribution in [-0.4, -0.2) is 48.3 Å². The van der Waals surface area contributed by atoms with Crippen molar-refractivity contribution in [3.63, 3.8) is 0 Å². The van der Waals surface area contributed by atoms with Crippen molar-refractivity contribution in [2.45, 2.75) is 38.6 Å². The molecule has 0 bridgehead atoms. The average molecular weight is 241 g/mol. The van der Waals surface area contributed by atoms with Crippen molar-refractivity contribution in [3.05, 3.63) is 0 Å². The Balaban J connectivity index is 2.02. The first-order chi connectivity index (χ1) is 8.18. The molecule has 0 aromatic carbocycles. The van der Waals surface area contributed by atoms with Gasteiger partial charge >= 0.3 is 5.97 Å². The summed E-state index contributed by atoms with van der Waals surface area (Å²) in [6.45, 7) is 5.12. The molecule has 0 aromatic rings. The molecule has 98 valence electrons. The highest BCUT2D eigenvalue weighted by molar-refractivity contribution is 5.74. The number of nitrogens with zero attached hydrogens (tertiary/aromatic N) is 1. The molecule has 0 spiro atoms. The second-order valence-electron chi connectivity index (χ2n) is 5.46. The normalized spacial score (nSPS) is 33.2. The minimum atomic E-state index is -0.647. The van der Waals surface area contributed by atoms with Crippen molar-refractivity contribution >= 4 is 5.97 Å². The van der Waals surface area contributed by atoms with Gasteiger partial charge in [0.05, 0.1) is 13.2 Å². The Morgan fingerprint density at radius 3 is 2.65 bits per heavy atom. The number of morpholine rings is 1. The van der Waals surface area contributed by atoms with Crippen LogP contribution in [0.3, 0.4) is 0 Å². The Hall–Kier alpha value is -0.610. The molecular weight excluding hydrogens is 218 g/mol. The topological polar surface area (TPSA) is 49.8 Å². The summed E-state index contributed by atoms with van der Waals surface area (Å²) in [5.74, 6) is 0.358. The molecule has 2 aliphatic rings. The van der Waals surface area contributed by atoms with Crippen LogP contribution in [-0.2, 0) is 9.53 Å². The van der Waals surface area contributed by atoms with Gasteiger partial charge in [-0.3, -0.25) is 9.69 Å². The predicted octanol–water partition coefficient (Wildman–Crippen LogP) is 1.60. The molecular formula is C13H23NO3. The molecule has 3 unspecified atom stereocenters.